The Hall–Kier alpha value is -2.83. The lowest BCUT2D eigenvalue weighted by Crippen LogP contribution is -2.25. The second-order valence-corrected chi connectivity index (χ2v) is 9.79. The minimum atomic E-state index is -0.395. The summed E-state index contributed by atoms with van der Waals surface area (Å²) in [6, 6.07) is 23.8. The van der Waals surface area contributed by atoms with Crippen molar-refractivity contribution in [3.05, 3.63) is 97.0 Å². The first-order valence-corrected chi connectivity index (χ1v) is 13.1. The molecule has 7 heteroatoms. The third kappa shape index (κ3) is 8.41. The van der Waals surface area contributed by atoms with Gasteiger partial charge in [0.1, 0.15) is 18.2 Å². The number of nitriles is 1. The van der Waals surface area contributed by atoms with Gasteiger partial charge >= 0.3 is 0 Å². The summed E-state index contributed by atoms with van der Waals surface area (Å²) >= 11 is 5.82. The molecule has 0 unspecified atom stereocenters. The Morgan fingerprint density at radius 2 is 1.83 bits per heavy atom. The predicted octanol–water partition coefficient (Wildman–Crippen LogP) is 6.69. The third-order valence-electron chi connectivity index (χ3n) is 5.07. The standard InChI is InChI=1S/C28H26BrIN2O3/c1-2-34-26-17-22(16-25(29)27(26)35-19-21-10-12-24(30)13-11-21)15-23(18-31)28(33)32-14-6-9-20-7-4-3-5-8-20/h3-5,7-8,10-13,15-17H,2,6,9,14,19H2,1H3,(H,32,33)/b23-15-. The molecule has 3 aromatic rings. The smallest absolute Gasteiger partial charge is 0.261 e. The Bertz CT molecular complexity index is 1210. The number of hydrogen-bond acceptors (Lipinski definition) is 4. The van der Waals surface area contributed by atoms with E-state index in [4.69, 9.17) is 9.47 Å². The molecular formula is C28H26BrIN2O3. The first-order valence-electron chi connectivity index (χ1n) is 11.3. The van der Waals surface area contributed by atoms with Gasteiger partial charge in [0.2, 0.25) is 0 Å². The van der Waals surface area contributed by atoms with Gasteiger partial charge in [0.15, 0.2) is 11.5 Å². The van der Waals surface area contributed by atoms with Gasteiger partial charge in [-0.1, -0.05) is 42.5 Å². The van der Waals surface area contributed by atoms with Crippen molar-refractivity contribution >= 4 is 50.5 Å². The second kappa shape index (κ2) is 13.9. The first-order chi connectivity index (χ1) is 17.0. The second-order valence-electron chi connectivity index (χ2n) is 7.69. The van der Waals surface area contributed by atoms with Crippen LogP contribution in [0, 0.1) is 14.9 Å². The van der Waals surface area contributed by atoms with Crippen LogP contribution in [0.25, 0.3) is 6.08 Å². The SMILES string of the molecule is CCOc1cc(/C=C(/C#N)C(=O)NCCCc2ccccc2)cc(Br)c1OCc1ccc(I)cc1. The highest BCUT2D eigenvalue weighted by atomic mass is 127. The van der Waals surface area contributed by atoms with Crippen molar-refractivity contribution in [2.45, 2.75) is 26.4 Å². The summed E-state index contributed by atoms with van der Waals surface area (Å²) in [5.41, 5.74) is 2.96. The van der Waals surface area contributed by atoms with Gasteiger partial charge in [-0.05, 0) is 105 Å². The van der Waals surface area contributed by atoms with E-state index >= 15 is 0 Å². The van der Waals surface area contributed by atoms with Crippen LogP contribution in [0.3, 0.4) is 0 Å². The monoisotopic (exact) mass is 644 g/mol. The van der Waals surface area contributed by atoms with E-state index in [1.165, 1.54) is 5.56 Å². The molecule has 0 heterocycles. The van der Waals surface area contributed by atoms with Crippen molar-refractivity contribution in [1.82, 2.24) is 5.32 Å². The van der Waals surface area contributed by atoms with Gasteiger partial charge in [-0.3, -0.25) is 4.79 Å². The van der Waals surface area contributed by atoms with Crippen molar-refractivity contribution < 1.29 is 14.3 Å². The molecule has 0 aromatic heterocycles. The molecule has 3 rings (SSSR count). The van der Waals surface area contributed by atoms with Crippen LogP contribution >= 0.6 is 38.5 Å². The average molecular weight is 645 g/mol. The number of benzene rings is 3. The fraction of sp³-hybridized carbons (Fsp3) is 0.214. The Labute approximate surface area is 228 Å². The van der Waals surface area contributed by atoms with Crippen LogP contribution in [0.15, 0.2) is 76.8 Å². The predicted molar refractivity (Wildman–Crippen MR) is 150 cm³/mol. The van der Waals surface area contributed by atoms with Crippen molar-refractivity contribution in [2.75, 3.05) is 13.2 Å². The molecule has 0 saturated heterocycles. The number of carbonyl (C=O) groups excluding carboxylic acids is 1. The molecule has 180 valence electrons. The quantitative estimate of drug-likeness (QED) is 0.109. The zero-order chi connectivity index (χ0) is 25.0. The van der Waals surface area contributed by atoms with Crippen LogP contribution in [-0.4, -0.2) is 19.1 Å². The van der Waals surface area contributed by atoms with E-state index in [2.05, 4.69) is 56.0 Å². The van der Waals surface area contributed by atoms with E-state index in [1.807, 2.05) is 61.5 Å². The minimum absolute atomic E-state index is 0.0339. The molecule has 0 bridgehead atoms. The summed E-state index contributed by atoms with van der Waals surface area (Å²) in [4.78, 5) is 12.6. The topological polar surface area (TPSA) is 71.3 Å². The van der Waals surface area contributed by atoms with E-state index in [0.717, 1.165) is 22.0 Å². The van der Waals surface area contributed by atoms with Gasteiger partial charge in [0.25, 0.3) is 5.91 Å². The lowest BCUT2D eigenvalue weighted by atomic mass is 10.1. The van der Waals surface area contributed by atoms with Gasteiger partial charge in [0.05, 0.1) is 11.1 Å². The lowest BCUT2D eigenvalue weighted by molar-refractivity contribution is -0.117. The molecule has 0 fully saturated rings. The number of ether oxygens (including phenoxy) is 2. The molecular weight excluding hydrogens is 619 g/mol. The molecule has 0 aliphatic rings. The maximum absolute atomic E-state index is 12.6. The van der Waals surface area contributed by atoms with Crippen LogP contribution < -0.4 is 14.8 Å². The third-order valence-corrected chi connectivity index (χ3v) is 6.38. The Morgan fingerprint density at radius 1 is 1.09 bits per heavy atom. The number of amides is 1. The molecule has 0 saturated carbocycles. The summed E-state index contributed by atoms with van der Waals surface area (Å²) in [6.45, 7) is 3.22. The van der Waals surface area contributed by atoms with Crippen molar-refractivity contribution in [1.29, 1.82) is 5.26 Å². The fourth-order valence-electron chi connectivity index (χ4n) is 3.36. The number of hydrogen-bond donors (Lipinski definition) is 1. The largest absolute Gasteiger partial charge is 0.490 e. The number of nitrogens with zero attached hydrogens (tertiary/aromatic N) is 1. The maximum Gasteiger partial charge on any atom is 0.261 e. The van der Waals surface area contributed by atoms with Crippen LogP contribution in [0.2, 0.25) is 0 Å². The van der Waals surface area contributed by atoms with Crippen molar-refractivity contribution in [2.24, 2.45) is 0 Å². The molecule has 0 radical (unpaired) electrons. The summed E-state index contributed by atoms with van der Waals surface area (Å²) < 4.78 is 13.7. The van der Waals surface area contributed by atoms with Gasteiger partial charge in [-0.15, -0.1) is 0 Å². The Kier molecular flexibility index (Phi) is 10.6. The number of nitrogens with one attached hydrogen (secondary N) is 1. The maximum atomic E-state index is 12.6. The minimum Gasteiger partial charge on any atom is -0.490 e. The van der Waals surface area contributed by atoms with Crippen LogP contribution in [-0.2, 0) is 17.8 Å². The zero-order valence-electron chi connectivity index (χ0n) is 19.4. The summed E-state index contributed by atoms with van der Waals surface area (Å²) in [5.74, 6) is 0.722. The number of halogens is 2. The van der Waals surface area contributed by atoms with Crippen molar-refractivity contribution in [3.8, 4) is 17.6 Å². The van der Waals surface area contributed by atoms with Crippen LogP contribution in [0.4, 0.5) is 0 Å². The van der Waals surface area contributed by atoms with E-state index in [9.17, 15) is 10.1 Å². The molecule has 0 aliphatic carbocycles. The van der Waals surface area contributed by atoms with E-state index < -0.39 is 5.91 Å². The Balaban J connectivity index is 1.68. The molecule has 1 N–H and O–H groups in total. The van der Waals surface area contributed by atoms with E-state index in [-0.39, 0.29) is 5.57 Å². The highest BCUT2D eigenvalue weighted by Crippen LogP contribution is 2.38. The summed E-state index contributed by atoms with van der Waals surface area (Å²) in [7, 11) is 0. The average Bonchev–Trinajstić information content (AvgIpc) is 2.86. The van der Waals surface area contributed by atoms with Gasteiger partial charge in [0, 0.05) is 10.1 Å². The lowest BCUT2D eigenvalue weighted by Gasteiger charge is -2.15. The molecule has 0 atom stereocenters. The highest BCUT2D eigenvalue weighted by molar-refractivity contribution is 14.1. The summed E-state index contributed by atoms with van der Waals surface area (Å²) in [6.07, 6.45) is 3.21. The molecule has 1 amide bonds. The number of aryl methyl sites for hydroxylation is 1. The van der Waals surface area contributed by atoms with Gasteiger partial charge in [-0.25, -0.2) is 0 Å². The highest BCUT2D eigenvalue weighted by Gasteiger charge is 2.14. The van der Waals surface area contributed by atoms with Crippen LogP contribution in [0.5, 0.6) is 11.5 Å². The normalized spacial score (nSPS) is 11.0. The Morgan fingerprint density at radius 3 is 2.51 bits per heavy atom. The van der Waals surface area contributed by atoms with Crippen LogP contribution in [0.1, 0.15) is 30.0 Å². The van der Waals surface area contributed by atoms with Crippen molar-refractivity contribution in [3.63, 3.8) is 0 Å². The molecule has 35 heavy (non-hydrogen) atoms. The fourth-order valence-corrected chi connectivity index (χ4v) is 4.29. The van der Waals surface area contributed by atoms with E-state index in [1.54, 1.807) is 12.1 Å². The van der Waals surface area contributed by atoms with Gasteiger partial charge < -0.3 is 14.8 Å². The summed E-state index contributed by atoms with van der Waals surface area (Å²) in [5, 5.41) is 12.4. The molecule has 5 nitrogen and oxygen atoms in total. The molecule has 3 aromatic carbocycles. The number of rotatable bonds is 11. The zero-order valence-corrected chi connectivity index (χ0v) is 23.1. The number of carbonyl (C=O) groups is 1. The van der Waals surface area contributed by atoms with E-state index in [0.29, 0.717) is 41.3 Å². The molecule has 0 spiro atoms. The first kappa shape index (κ1) is 26.8. The van der Waals surface area contributed by atoms with Gasteiger partial charge in [-0.2, -0.15) is 5.26 Å². The molecule has 0 aliphatic heterocycles.